The Balaban J connectivity index is 2.89. The number of rotatable bonds is 6. The smallest absolute Gasteiger partial charge is 0.330 e. The molecule has 1 aromatic rings. The Morgan fingerprint density at radius 3 is 2.94 bits per heavy atom. The number of hydrogen-bond donors (Lipinski definition) is 1. The summed E-state index contributed by atoms with van der Waals surface area (Å²) < 4.78 is 4.82. The van der Waals surface area contributed by atoms with Gasteiger partial charge in [0.15, 0.2) is 5.16 Å². The number of nitrogens with one attached hydrogen (secondary N) is 1. The van der Waals surface area contributed by atoms with Crippen molar-refractivity contribution in [1.82, 2.24) is 9.97 Å². The molecule has 1 heterocycles. The molecule has 6 heteroatoms. The van der Waals surface area contributed by atoms with Gasteiger partial charge in [-0.3, -0.25) is 0 Å². The number of anilines is 1. The Morgan fingerprint density at radius 1 is 1.56 bits per heavy atom. The van der Waals surface area contributed by atoms with Gasteiger partial charge in [-0.2, -0.15) is 0 Å². The lowest BCUT2D eigenvalue weighted by atomic mass is 10.3. The van der Waals surface area contributed by atoms with Crippen molar-refractivity contribution in [1.29, 1.82) is 0 Å². The fraction of sp³-hybridized carbons (Fsp3) is 0.417. The van der Waals surface area contributed by atoms with Crippen LogP contribution in [0, 0.1) is 0 Å². The van der Waals surface area contributed by atoms with Gasteiger partial charge in [-0.25, -0.2) is 14.8 Å². The molecule has 0 atom stereocenters. The highest BCUT2D eigenvalue weighted by atomic mass is 32.2. The van der Waals surface area contributed by atoms with E-state index in [4.69, 9.17) is 4.74 Å². The summed E-state index contributed by atoms with van der Waals surface area (Å²) in [5.74, 6) is 0.353. The maximum atomic E-state index is 11.2. The molecule has 98 valence electrons. The monoisotopic (exact) mass is 267 g/mol. The molecule has 1 rings (SSSR count). The fourth-order valence-corrected chi connectivity index (χ4v) is 1.59. The molecular formula is C12H17N3O2S. The Morgan fingerprint density at radius 2 is 2.33 bits per heavy atom. The molecule has 18 heavy (non-hydrogen) atoms. The highest BCUT2D eigenvalue weighted by Crippen LogP contribution is 2.17. The summed E-state index contributed by atoms with van der Waals surface area (Å²) in [5.41, 5.74) is 0.766. The zero-order chi connectivity index (χ0) is 13.4. The van der Waals surface area contributed by atoms with Crippen molar-refractivity contribution in [3.8, 4) is 0 Å². The van der Waals surface area contributed by atoms with E-state index >= 15 is 0 Å². The summed E-state index contributed by atoms with van der Waals surface area (Å²) in [6.45, 7) is 4.88. The summed E-state index contributed by atoms with van der Waals surface area (Å²) >= 11 is 1.47. The maximum absolute atomic E-state index is 11.2. The minimum atomic E-state index is -0.367. The zero-order valence-corrected chi connectivity index (χ0v) is 11.6. The first kappa shape index (κ1) is 14.5. The van der Waals surface area contributed by atoms with Gasteiger partial charge >= 0.3 is 5.97 Å². The Hall–Kier alpha value is -1.56. The Kier molecular flexibility index (Phi) is 6.21. The van der Waals surface area contributed by atoms with E-state index in [1.54, 1.807) is 19.2 Å². The van der Waals surface area contributed by atoms with E-state index < -0.39 is 0 Å². The first-order valence-corrected chi connectivity index (χ1v) is 6.93. The molecule has 0 saturated heterocycles. The average molecular weight is 267 g/mol. The molecule has 0 aliphatic rings. The summed E-state index contributed by atoms with van der Waals surface area (Å²) in [4.78, 5) is 19.7. The lowest BCUT2D eigenvalue weighted by Gasteiger charge is -2.07. The molecule has 0 aromatic carbocycles. The third kappa shape index (κ3) is 4.37. The van der Waals surface area contributed by atoms with E-state index in [1.807, 2.05) is 13.2 Å². The van der Waals surface area contributed by atoms with Crippen molar-refractivity contribution in [2.75, 3.05) is 24.7 Å². The zero-order valence-electron chi connectivity index (χ0n) is 10.8. The van der Waals surface area contributed by atoms with E-state index in [-0.39, 0.29) is 5.97 Å². The topological polar surface area (TPSA) is 64.1 Å². The highest BCUT2D eigenvalue weighted by Gasteiger charge is 2.04. The van der Waals surface area contributed by atoms with E-state index in [2.05, 4.69) is 15.3 Å². The lowest BCUT2D eigenvalue weighted by molar-refractivity contribution is -0.137. The van der Waals surface area contributed by atoms with Gasteiger partial charge < -0.3 is 10.1 Å². The summed E-state index contributed by atoms with van der Waals surface area (Å²) in [5, 5.41) is 3.83. The third-order valence-electron chi connectivity index (χ3n) is 2.01. The van der Waals surface area contributed by atoms with Crippen molar-refractivity contribution in [2.45, 2.75) is 19.0 Å². The number of hydrogen-bond acceptors (Lipinski definition) is 6. The number of carbonyl (C=O) groups excluding carboxylic acids is 1. The summed E-state index contributed by atoms with van der Waals surface area (Å²) in [7, 11) is 0. The number of esters is 1. The van der Waals surface area contributed by atoms with E-state index in [0.29, 0.717) is 11.8 Å². The van der Waals surface area contributed by atoms with Gasteiger partial charge in [0.25, 0.3) is 0 Å². The predicted octanol–water partition coefficient (Wildman–Crippen LogP) is 2.21. The molecule has 0 fully saturated rings. The molecule has 0 unspecified atom stereocenters. The molecule has 0 bridgehead atoms. The van der Waals surface area contributed by atoms with Gasteiger partial charge in [-0.05, 0) is 26.2 Å². The Labute approximate surface area is 111 Å². The van der Waals surface area contributed by atoms with E-state index in [1.165, 1.54) is 17.8 Å². The van der Waals surface area contributed by atoms with E-state index in [0.717, 1.165) is 17.9 Å². The molecular weight excluding hydrogens is 250 g/mol. The predicted molar refractivity (Wildman–Crippen MR) is 73.6 cm³/mol. The van der Waals surface area contributed by atoms with Crippen LogP contribution < -0.4 is 5.32 Å². The second-order valence-corrected chi connectivity index (χ2v) is 4.05. The molecule has 0 aliphatic heterocycles. The standard InChI is InChI=1S/C12H17N3O2S/c1-4-13-11-9(6-7-10(16)17-5-2)8-14-12(15-11)18-3/h6-8H,4-5H2,1-3H3,(H,13,14,15)/b7-6+. The molecule has 0 radical (unpaired) electrons. The number of carbonyl (C=O) groups is 1. The van der Waals surface area contributed by atoms with Gasteiger partial charge in [0.05, 0.1) is 6.61 Å². The largest absolute Gasteiger partial charge is 0.463 e. The van der Waals surface area contributed by atoms with Crippen molar-refractivity contribution >= 4 is 29.6 Å². The van der Waals surface area contributed by atoms with Crippen LogP contribution in [-0.4, -0.2) is 35.3 Å². The van der Waals surface area contributed by atoms with Crippen LogP contribution in [0.3, 0.4) is 0 Å². The van der Waals surface area contributed by atoms with Crippen LogP contribution in [0.4, 0.5) is 5.82 Å². The minimum absolute atomic E-state index is 0.366. The minimum Gasteiger partial charge on any atom is -0.463 e. The molecule has 0 spiro atoms. The number of ether oxygens (including phenoxy) is 1. The van der Waals surface area contributed by atoms with Gasteiger partial charge in [0.2, 0.25) is 0 Å². The normalized spacial score (nSPS) is 10.6. The highest BCUT2D eigenvalue weighted by molar-refractivity contribution is 7.98. The van der Waals surface area contributed by atoms with Crippen molar-refractivity contribution in [2.24, 2.45) is 0 Å². The van der Waals surface area contributed by atoms with Gasteiger partial charge in [-0.15, -0.1) is 0 Å². The fourth-order valence-electron chi connectivity index (χ4n) is 1.25. The first-order chi connectivity index (χ1) is 8.71. The van der Waals surface area contributed by atoms with Crippen molar-refractivity contribution in [3.63, 3.8) is 0 Å². The molecule has 0 amide bonds. The van der Waals surface area contributed by atoms with Crippen LogP contribution in [0.1, 0.15) is 19.4 Å². The second kappa shape index (κ2) is 7.71. The van der Waals surface area contributed by atoms with Crippen molar-refractivity contribution < 1.29 is 9.53 Å². The average Bonchev–Trinajstić information content (AvgIpc) is 2.38. The quantitative estimate of drug-likeness (QED) is 0.369. The Bertz CT molecular complexity index is 435. The van der Waals surface area contributed by atoms with Crippen LogP contribution in [0.15, 0.2) is 17.4 Å². The van der Waals surface area contributed by atoms with Crippen molar-refractivity contribution in [3.05, 3.63) is 17.8 Å². The molecule has 5 nitrogen and oxygen atoms in total. The van der Waals surface area contributed by atoms with Crippen LogP contribution in [0.2, 0.25) is 0 Å². The maximum Gasteiger partial charge on any atom is 0.330 e. The number of thioether (sulfide) groups is 1. The summed E-state index contributed by atoms with van der Waals surface area (Å²) in [6, 6.07) is 0. The van der Waals surface area contributed by atoms with Crippen LogP contribution >= 0.6 is 11.8 Å². The second-order valence-electron chi connectivity index (χ2n) is 3.28. The summed E-state index contributed by atoms with van der Waals surface area (Å²) in [6.07, 6.45) is 6.63. The SMILES string of the molecule is CCNc1nc(SC)ncc1/C=C/C(=O)OCC. The molecule has 0 saturated carbocycles. The molecule has 1 N–H and O–H groups in total. The lowest BCUT2D eigenvalue weighted by Crippen LogP contribution is -2.04. The van der Waals surface area contributed by atoms with Gasteiger partial charge in [-0.1, -0.05) is 11.8 Å². The first-order valence-electron chi connectivity index (χ1n) is 5.71. The van der Waals surface area contributed by atoms with Crippen LogP contribution in [0.25, 0.3) is 6.08 Å². The van der Waals surface area contributed by atoms with Crippen LogP contribution in [0.5, 0.6) is 0 Å². The van der Waals surface area contributed by atoms with E-state index in [9.17, 15) is 4.79 Å². The van der Waals surface area contributed by atoms with Gasteiger partial charge in [0.1, 0.15) is 5.82 Å². The number of nitrogens with zero attached hydrogens (tertiary/aromatic N) is 2. The van der Waals surface area contributed by atoms with Gasteiger partial charge in [0, 0.05) is 24.4 Å². The van der Waals surface area contributed by atoms with Crippen LogP contribution in [-0.2, 0) is 9.53 Å². The molecule has 1 aromatic heterocycles. The number of aromatic nitrogens is 2. The third-order valence-corrected chi connectivity index (χ3v) is 2.57. The molecule has 0 aliphatic carbocycles.